The molecule has 0 aromatic carbocycles. The molecule has 4 rings (SSSR count). The highest BCUT2D eigenvalue weighted by Crippen LogP contribution is 2.49. The van der Waals surface area contributed by atoms with Crippen LogP contribution in [-0.2, 0) is 0 Å². The molecule has 0 saturated heterocycles. The molecule has 4 fully saturated rings. The molecule has 0 N–H and O–H groups in total. The Hall–Kier alpha value is 0. The summed E-state index contributed by atoms with van der Waals surface area (Å²) in [5.41, 5.74) is 0. The van der Waals surface area contributed by atoms with Crippen molar-refractivity contribution in [3.8, 4) is 0 Å². The van der Waals surface area contributed by atoms with E-state index in [4.69, 9.17) is 0 Å². The lowest BCUT2D eigenvalue weighted by atomic mass is 9.75. The molecule has 4 aliphatic carbocycles. The molecule has 0 bridgehead atoms. The van der Waals surface area contributed by atoms with Crippen LogP contribution in [0.5, 0.6) is 0 Å². The second-order valence-corrected chi connectivity index (χ2v) is 10.4. The van der Waals surface area contributed by atoms with Crippen LogP contribution in [0.1, 0.15) is 123 Å². The van der Waals surface area contributed by atoms with Crippen LogP contribution in [0.15, 0.2) is 0 Å². The van der Waals surface area contributed by atoms with Gasteiger partial charge >= 0.3 is 0 Å². The first kappa shape index (κ1) is 19.8. The SMILES string of the molecule is CC1CC(C2CCCCCCCC2)CC1C1CCCCC1.CC1CC1. The second kappa shape index (κ2) is 10.4. The minimum atomic E-state index is 1.03. The first-order chi connectivity index (χ1) is 12.2. The summed E-state index contributed by atoms with van der Waals surface area (Å²) in [5, 5.41) is 0. The quantitative estimate of drug-likeness (QED) is 0.471. The predicted molar refractivity (Wildman–Crippen MR) is 111 cm³/mol. The van der Waals surface area contributed by atoms with Gasteiger partial charge in [0, 0.05) is 0 Å². The van der Waals surface area contributed by atoms with Gasteiger partial charge in [-0.15, -0.1) is 0 Å². The maximum Gasteiger partial charge on any atom is -0.0357 e. The van der Waals surface area contributed by atoms with Crippen LogP contribution in [0, 0.1) is 35.5 Å². The standard InChI is InChI=1S/C21H38.C4H8/c1-17-15-20(16-21(17)19-13-9-6-10-14-19)18-11-7-4-2-3-5-8-12-18;1-4-2-3-4/h17-21H,2-16H2,1H3;4H,2-3H2,1H3. The van der Waals surface area contributed by atoms with Crippen LogP contribution in [0.2, 0.25) is 0 Å². The van der Waals surface area contributed by atoms with Crippen LogP contribution in [0.4, 0.5) is 0 Å². The van der Waals surface area contributed by atoms with Crippen LogP contribution >= 0.6 is 0 Å². The Morgan fingerprint density at radius 2 is 0.880 bits per heavy atom. The van der Waals surface area contributed by atoms with E-state index in [0.717, 1.165) is 35.5 Å². The molecule has 0 heteroatoms. The maximum absolute atomic E-state index is 2.59. The normalized spacial score (nSPS) is 36.0. The van der Waals surface area contributed by atoms with Crippen molar-refractivity contribution in [2.24, 2.45) is 35.5 Å². The zero-order valence-corrected chi connectivity index (χ0v) is 17.5. The Bertz CT molecular complexity index is 339. The van der Waals surface area contributed by atoms with Crippen molar-refractivity contribution in [1.29, 1.82) is 0 Å². The van der Waals surface area contributed by atoms with E-state index in [0.29, 0.717) is 0 Å². The van der Waals surface area contributed by atoms with Gasteiger partial charge in [-0.25, -0.2) is 0 Å². The van der Waals surface area contributed by atoms with Crippen molar-refractivity contribution in [1.82, 2.24) is 0 Å². The van der Waals surface area contributed by atoms with Crippen molar-refractivity contribution < 1.29 is 0 Å². The number of hydrogen-bond donors (Lipinski definition) is 0. The molecule has 0 aromatic heterocycles. The van der Waals surface area contributed by atoms with Crippen molar-refractivity contribution in [2.75, 3.05) is 0 Å². The highest BCUT2D eigenvalue weighted by Gasteiger charge is 2.39. The minimum absolute atomic E-state index is 1.03. The zero-order chi connectivity index (χ0) is 17.5. The molecule has 3 unspecified atom stereocenters. The summed E-state index contributed by atoms with van der Waals surface area (Å²) in [4.78, 5) is 0. The molecular formula is C25H46. The predicted octanol–water partition coefficient (Wildman–Crippen LogP) is 8.40. The minimum Gasteiger partial charge on any atom is -0.0625 e. The van der Waals surface area contributed by atoms with Gasteiger partial charge in [-0.2, -0.15) is 0 Å². The van der Waals surface area contributed by atoms with Gasteiger partial charge in [0.2, 0.25) is 0 Å². The maximum atomic E-state index is 2.59. The summed E-state index contributed by atoms with van der Waals surface area (Å²) in [6.45, 7) is 4.87. The van der Waals surface area contributed by atoms with Crippen molar-refractivity contribution in [2.45, 2.75) is 123 Å². The molecular weight excluding hydrogens is 300 g/mol. The van der Waals surface area contributed by atoms with Gasteiger partial charge in [-0.05, 0) is 48.3 Å². The molecule has 0 nitrogen and oxygen atoms in total. The van der Waals surface area contributed by atoms with Gasteiger partial charge in [-0.3, -0.25) is 0 Å². The van der Waals surface area contributed by atoms with Crippen molar-refractivity contribution in [3.63, 3.8) is 0 Å². The lowest BCUT2D eigenvalue weighted by molar-refractivity contribution is 0.203. The summed E-state index contributed by atoms with van der Waals surface area (Å²) in [5.74, 6) is 6.52. The lowest BCUT2D eigenvalue weighted by Crippen LogP contribution is -2.20. The van der Waals surface area contributed by atoms with Crippen molar-refractivity contribution in [3.05, 3.63) is 0 Å². The smallest absolute Gasteiger partial charge is 0.0357 e. The van der Waals surface area contributed by atoms with Gasteiger partial charge in [0.1, 0.15) is 0 Å². The summed E-state index contributed by atoms with van der Waals surface area (Å²) in [7, 11) is 0. The fourth-order valence-corrected chi connectivity index (χ4v) is 6.24. The summed E-state index contributed by atoms with van der Waals surface area (Å²) >= 11 is 0. The molecule has 0 heterocycles. The van der Waals surface area contributed by atoms with Crippen LogP contribution in [-0.4, -0.2) is 0 Å². The molecule has 0 radical (unpaired) electrons. The van der Waals surface area contributed by atoms with E-state index >= 15 is 0 Å². The Balaban J connectivity index is 0.000000401. The van der Waals surface area contributed by atoms with Crippen LogP contribution in [0.25, 0.3) is 0 Å². The van der Waals surface area contributed by atoms with E-state index in [9.17, 15) is 0 Å². The van der Waals surface area contributed by atoms with E-state index in [1.807, 2.05) is 0 Å². The Morgan fingerprint density at radius 3 is 1.40 bits per heavy atom. The van der Waals surface area contributed by atoms with Crippen LogP contribution in [0.3, 0.4) is 0 Å². The van der Waals surface area contributed by atoms with E-state index in [-0.39, 0.29) is 0 Å². The third-order valence-electron chi connectivity index (χ3n) is 8.17. The third kappa shape index (κ3) is 6.59. The molecule has 0 spiro atoms. The van der Waals surface area contributed by atoms with E-state index in [1.165, 1.54) is 70.6 Å². The molecule has 146 valence electrons. The first-order valence-corrected chi connectivity index (χ1v) is 12.2. The summed E-state index contributed by atoms with van der Waals surface area (Å²) < 4.78 is 0. The zero-order valence-electron chi connectivity index (χ0n) is 17.5. The molecule has 25 heavy (non-hydrogen) atoms. The average Bonchev–Trinajstić information content (AvgIpc) is 3.28. The Labute approximate surface area is 158 Å². The monoisotopic (exact) mass is 346 g/mol. The van der Waals surface area contributed by atoms with Gasteiger partial charge < -0.3 is 0 Å². The average molecular weight is 347 g/mol. The van der Waals surface area contributed by atoms with E-state index in [2.05, 4.69) is 13.8 Å². The lowest BCUT2D eigenvalue weighted by Gasteiger charge is -2.30. The van der Waals surface area contributed by atoms with Crippen molar-refractivity contribution >= 4 is 0 Å². The fourth-order valence-electron chi connectivity index (χ4n) is 6.24. The molecule has 0 aromatic rings. The Kier molecular flexibility index (Phi) is 8.19. The van der Waals surface area contributed by atoms with Gasteiger partial charge in [0.25, 0.3) is 0 Å². The van der Waals surface area contributed by atoms with Gasteiger partial charge in [0.05, 0.1) is 0 Å². The first-order valence-electron chi connectivity index (χ1n) is 12.2. The fraction of sp³-hybridized carbons (Fsp3) is 1.00. The summed E-state index contributed by atoms with van der Waals surface area (Å²) in [6, 6.07) is 0. The summed E-state index contributed by atoms with van der Waals surface area (Å²) in [6.07, 6.45) is 26.1. The largest absolute Gasteiger partial charge is 0.0625 e. The molecule has 0 amide bonds. The highest BCUT2D eigenvalue weighted by atomic mass is 14.4. The van der Waals surface area contributed by atoms with E-state index in [1.54, 1.807) is 38.5 Å². The number of hydrogen-bond acceptors (Lipinski definition) is 0. The molecule has 3 atom stereocenters. The number of rotatable bonds is 2. The highest BCUT2D eigenvalue weighted by molar-refractivity contribution is 4.89. The molecule has 4 saturated carbocycles. The Morgan fingerprint density at radius 1 is 0.440 bits per heavy atom. The molecule has 0 aliphatic heterocycles. The van der Waals surface area contributed by atoms with Crippen LogP contribution < -0.4 is 0 Å². The van der Waals surface area contributed by atoms with Gasteiger partial charge in [0.15, 0.2) is 0 Å². The molecule has 4 aliphatic rings. The van der Waals surface area contributed by atoms with E-state index < -0.39 is 0 Å². The third-order valence-corrected chi connectivity index (χ3v) is 8.17. The second-order valence-electron chi connectivity index (χ2n) is 10.4. The van der Waals surface area contributed by atoms with Gasteiger partial charge in [-0.1, -0.05) is 110 Å². The topological polar surface area (TPSA) is 0 Å².